The number of nitrogens with zero attached hydrogens (tertiary/aromatic N) is 1. The van der Waals surface area contributed by atoms with Gasteiger partial charge in [0.05, 0.1) is 0 Å². The average Bonchev–Trinajstić information content (AvgIpc) is 2.72. The molecule has 0 radical (unpaired) electrons. The molecular formula is C25H37N3O2. The van der Waals surface area contributed by atoms with Crippen LogP contribution in [0, 0.1) is 0 Å². The first kappa shape index (κ1) is 23.9. The summed E-state index contributed by atoms with van der Waals surface area (Å²) < 4.78 is 5.60. The highest BCUT2D eigenvalue weighted by Crippen LogP contribution is 2.10. The molecule has 30 heavy (non-hydrogen) atoms. The minimum absolute atomic E-state index is 0.228. The van der Waals surface area contributed by atoms with E-state index in [1.807, 2.05) is 62.1 Å². The summed E-state index contributed by atoms with van der Waals surface area (Å²) in [5.74, 6) is 0. The Morgan fingerprint density at radius 1 is 0.800 bits per heavy atom. The molecule has 2 aromatic rings. The lowest BCUT2D eigenvalue weighted by atomic mass is 10.2. The van der Waals surface area contributed by atoms with E-state index in [9.17, 15) is 4.79 Å². The number of benzene rings is 2. The lowest BCUT2D eigenvalue weighted by Crippen LogP contribution is -2.39. The number of hydrogen-bond acceptors (Lipinski definition) is 4. The summed E-state index contributed by atoms with van der Waals surface area (Å²) in [6.07, 6.45) is 1.56. The van der Waals surface area contributed by atoms with Gasteiger partial charge >= 0.3 is 6.09 Å². The molecule has 0 saturated heterocycles. The molecule has 0 aliphatic heterocycles. The standard InChI is InChI=1S/C25H37N3O2/c1-25(2,3)30-24(29)28(18-10-16-26-20-22-12-6-4-7-13-22)19-11-17-27-21-23-14-8-5-9-15-23/h4-9,12-15,26-27H,10-11,16-21H2,1-3H3. The minimum Gasteiger partial charge on any atom is -0.444 e. The molecule has 0 atom stereocenters. The number of nitrogens with one attached hydrogen (secondary N) is 2. The summed E-state index contributed by atoms with van der Waals surface area (Å²) in [5, 5.41) is 6.90. The van der Waals surface area contributed by atoms with E-state index in [0.29, 0.717) is 13.1 Å². The Kier molecular flexibility index (Phi) is 10.4. The van der Waals surface area contributed by atoms with E-state index in [-0.39, 0.29) is 6.09 Å². The van der Waals surface area contributed by atoms with Crippen molar-refractivity contribution in [3.8, 4) is 0 Å². The third kappa shape index (κ3) is 10.4. The van der Waals surface area contributed by atoms with Gasteiger partial charge in [-0.1, -0.05) is 60.7 Å². The Morgan fingerprint density at radius 3 is 1.63 bits per heavy atom. The summed E-state index contributed by atoms with van der Waals surface area (Å²) in [4.78, 5) is 14.4. The van der Waals surface area contributed by atoms with Gasteiger partial charge in [-0.25, -0.2) is 4.79 Å². The molecule has 0 bridgehead atoms. The average molecular weight is 412 g/mol. The van der Waals surface area contributed by atoms with Gasteiger partial charge in [-0.05, 0) is 57.8 Å². The lowest BCUT2D eigenvalue weighted by Gasteiger charge is -2.27. The van der Waals surface area contributed by atoms with E-state index >= 15 is 0 Å². The Hall–Kier alpha value is -2.37. The molecule has 2 N–H and O–H groups in total. The molecule has 0 spiro atoms. The van der Waals surface area contributed by atoms with Crippen LogP contribution in [0.5, 0.6) is 0 Å². The minimum atomic E-state index is -0.480. The molecule has 0 aromatic heterocycles. The van der Waals surface area contributed by atoms with Crippen LogP contribution < -0.4 is 10.6 Å². The molecule has 5 heteroatoms. The van der Waals surface area contributed by atoms with Crippen molar-refractivity contribution in [3.63, 3.8) is 0 Å². The fraction of sp³-hybridized carbons (Fsp3) is 0.480. The summed E-state index contributed by atoms with van der Waals surface area (Å²) >= 11 is 0. The second-order valence-electron chi connectivity index (χ2n) is 8.50. The van der Waals surface area contributed by atoms with Crippen molar-refractivity contribution in [2.75, 3.05) is 26.2 Å². The van der Waals surface area contributed by atoms with Crippen molar-refractivity contribution in [3.05, 3.63) is 71.8 Å². The molecule has 0 heterocycles. The van der Waals surface area contributed by atoms with Gasteiger partial charge < -0.3 is 20.3 Å². The molecule has 0 fully saturated rings. The van der Waals surface area contributed by atoms with Crippen LogP contribution in [0.15, 0.2) is 60.7 Å². The molecule has 0 unspecified atom stereocenters. The molecule has 0 aliphatic carbocycles. The fourth-order valence-electron chi connectivity index (χ4n) is 3.07. The first-order valence-corrected chi connectivity index (χ1v) is 10.9. The van der Waals surface area contributed by atoms with E-state index < -0.39 is 5.60 Å². The van der Waals surface area contributed by atoms with E-state index in [0.717, 1.165) is 39.0 Å². The zero-order valence-electron chi connectivity index (χ0n) is 18.7. The quantitative estimate of drug-likeness (QED) is 0.502. The topological polar surface area (TPSA) is 53.6 Å². The first-order chi connectivity index (χ1) is 14.4. The number of ether oxygens (including phenoxy) is 1. The third-order valence-corrected chi connectivity index (χ3v) is 4.56. The molecular weight excluding hydrogens is 374 g/mol. The van der Waals surface area contributed by atoms with Crippen LogP contribution in [-0.2, 0) is 17.8 Å². The lowest BCUT2D eigenvalue weighted by molar-refractivity contribution is 0.0246. The van der Waals surface area contributed by atoms with E-state index in [2.05, 4.69) is 34.9 Å². The molecule has 1 amide bonds. The van der Waals surface area contributed by atoms with Gasteiger partial charge in [0.1, 0.15) is 5.60 Å². The largest absolute Gasteiger partial charge is 0.444 e. The van der Waals surface area contributed by atoms with Crippen molar-refractivity contribution in [1.82, 2.24) is 15.5 Å². The van der Waals surface area contributed by atoms with Gasteiger partial charge in [0.15, 0.2) is 0 Å². The van der Waals surface area contributed by atoms with Crippen molar-refractivity contribution in [1.29, 1.82) is 0 Å². The summed E-state index contributed by atoms with van der Waals surface area (Å²) in [5.41, 5.74) is 2.06. The zero-order valence-corrected chi connectivity index (χ0v) is 18.7. The maximum atomic E-state index is 12.6. The van der Waals surface area contributed by atoms with Gasteiger partial charge in [-0.15, -0.1) is 0 Å². The van der Waals surface area contributed by atoms with Crippen molar-refractivity contribution < 1.29 is 9.53 Å². The Labute approximate surface area is 181 Å². The summed E-state index contributed by atoms with van der Waals surface area (Å²) in [6, 6.07) is 20.7. The summed E-state index contributed by atoms with van der Waals surface area (Å²) in [7, 11) is 0. The highest BCUT2D eigenvalue weighted by Gasteiger charge is 2.21. The van der Waals surface area contributed by atoms with E-state index in [1.165, 1.54) is 11.1 Å². The Balaban J connectivity index is 1.70. The number of amides is 1. The Bertz CT molecular complexity index is 665. The van der Waals surface area contributed by atoms with Crippen molar-refractivity contribution >= 4 is 6.09 Å². The van der Waals surface area contributed by atoms with Gasteiger partial charge in [0, 0.05) is 26.2 Å². The number of carbonyl (C=O) groups excluding carboxylic acids is 1. The highest BCUT2D eigenvalue weighted by molar-refractivity contribution is 5.68. The third-order valence-electron chi connectivity index (χ3n) is 4.56. The smallest absolute Gasteiger partial charge is 0.410 e. The van der Waals surface area contributed by atoms with Crippen molar-refractivity contribution in [2.45, 2.75) is 52.3 Å². The maximum absolute atomic E-state index is 12.6. The zero-order chi connectivity index (χ0) is 21.7. The first-order valence-electron chi connectivity index (χ1n) is 10.9. The van der Waals surface area contributed by atoms with Crippen molar-refractivity contribution in [2.24, 2.45) is 0 Å². The van der Waals surface area contributed by atoms with Gasteiger partial charge in [0.2, 0.25) is 0 Å². The highest BCUT2D eigenvalue weighted by atomic mass is 16.6. The normalized spacial score (nSPS) is 11.3. The molecule has 0 saturated carbocycles. The summed E-state index contributed by atoms with van der Waals surface area (Å²) in [6.45, 7) is 10.5. The van der Waals surface area contributed by atoms with Crippen LogP contribution in [-0.4, -0.2) is 42.8 Å². The molecule has 0 aliphatic rings. The van der Waals surface area contributed by atoms with Crippen LogP contribution >= 0.6 is 0 Å². The van der Waals surface area contributed by atoms with Gasteiger partial charge in [-0.3, -0.25) is 0 Å². The SMILES string of the molecule is CC(C)(C)OC(=O)N(CCCNCc1ccccc1)CCCNCc1ccccc1. The van der Waals surface area contributed by atoms with Gasteiger partial charge in [0.25, 0.3) is 0 Å². The van der Waals surface area contributed by atoms with Crippen LogP contribution in [0.1, 0.15) is 44.7 Å². The second-order valence-corrected chi connectivity index (χ2v) is 8.50. The number of rotatable bonds is 12. The predicted octanol–water partition coefficient (Wildman–Crippen LogP) is 4.58. The number of hydrogen-bond donors (Lipinski definition) is 2. The molecule has 164 valence electrons. The van der Waals surface area contributed by atoms with Crippen LogP contribution in [0.3, 0.4) is 0 Å². The molecule has 5 nitrogen and oxygen atoms in total. The molecule has 2 rings (SSSR count). The monoisotopic (exact) mass is 411 g/mol. The molecule has 2 aromatic carbocycles. The van der Waals surface area contributed by atoms with Crippen LogP contribution in [0.2, 0.25) is 0 Å². The predicted molar refractivity (Wildman–Crippen MR) is 123 cm³/mol. The van der Waals surface area contributed by atoms with Crippen LogP contribution in [0.4, 0.5) is 4.79 Å². The number of carbonyl (C=O) groups is 1. The Morgan fingerprint density at radius 2 is 1.23 bits per heavy atom. The second kappa shape index (κ2) is 13.0. The van der Waals surface area contributed by atoms with E-state index in [4.69, 9.17) is 4.74 Å². The maximum Gasteiger partial charge on any atom is 0.410 e. The van der Waals surface area contributed by atoms with E-state index in [1.54, 1.807) is 0 Å². The van der Waals surface area contributed by atoms with Gasteiger partial charge in [-0.2, -0.15) is 0 Å². The van der Waals surface area contributed by atoms with Crippen LogP contribution in [0.25, 0.3) is 0 Å². The fourth-order valence-corrected chi connectivity index (χ4v) is 3.07.